The molecule has 3 amide bonds. The van der Waals surface area contributed by atoms with Gasteiger partial charge in [0.1, 0.15) is 0 Å². The van der Waals surface area contributed by atoms with E-state index in [1.807, 2.05) is 57.2 Å². The molecule has 2 aromatic carbocycles. The van der Waals surface area contributed by atoms with Crippen LogP contribution in [0.3, 0.4) is 0 Å². The Morgan fingerprint density at radius 3 is 1.97 bits per heavy atom. The molecule has 152 valence electrons. The Morgan fingerprint density at radius 2 is 1.24 bits per heavy atom. The van der Waals surface area contributed by atoms with E-state index < -0.39 is 0 Å². The molecule has 0 radical (unpaired) electrons. The van der Waals surface area contributed by atoms with Crippen LogP contribution < -0.4 is 0 Å². The normalized spacial score (nSPS) is 17.3. The van der Waals surface area contributed by atoms with Gasteiger partial charge in [-0.15, -0.1) is 0 Å². The van der Waals surface area contributed by atoms with Crippen molar-refractivity contribution in [2.75, 3.05) is 39.3 Å². The molecule has 2 aromatic rings. The standard InChI is InChI=1S/C24H29N3O2/c28-23(22-12-6-5-11-21(22)19-20-9-3-1-4-10-20)25-15-17-27(18-16-25)24(29)26-13-7-2-8-14-26/h1,3-6,9-12H,2,7-8,13-19H2. The van der Waals surface area contributed by atoms with Crippen LogP contribution in [0.2, 0.25) is 0 Å². The van der Waals surface area contributed by atoms with E-state index >= 15 is 0 Å². The van der Waals surface area contributed by atoms with Crippen LogP contribution in [0.25, 0.3) is 0 Å². The van der Waals surface area contributed by atoms with E-state index in [4.69, 9.17) is 0 Å². The van der Waals surface area contributed by atoms with Gasteiger partial charge in [0.15, 0.2) is 0 Å². The van der Waals surface area contributed by atoms with E-state index in [2.05, 4.69) is 12.1 Å². The van der Waals surface area contributed by atoms with Gasteiger partial charge >= 0.3 is 6.03 Å². The maximum Gasteiger partial charge on any atom is 0.320 e. The van der Waals surface area contributed by atoms with Crippen molar-refractivity contribution in [3.63, 3.8) is 0 Å². The van der Waals surface area contributed by atoms with Crippen LogP contribution in [0.15, 0.2) is 54.6 Å². The van der Waals surface area contributed by atoms with E-state index in [1.54, 1.807) is 0 Å². The first-order valence-corrected chi connectivity index (χ1v) is 10.7. The van der Waals surface area contributed by atoms with Crippen LogP contribution in [0, 0.1) is 0 Å². The van der Waals surface area contributed by atoms with Gasteiger partial charge in [0, 0.05) is 44.8 Å². The quantitative estimate of drug-likeness (QED) is 0.802. The zero-order valence-corrected chi connectivity index (χ0v) is 16.9. The number of rotatable bonds is 3. The van der Waals surface area contributed by atoms with Crippen LogP contribution in [-0.4, -0.2) is 65.9 Å². The molecule has 2 aliphatic rings. The van der Waals surface area contributed by atoms with Gasteiger partial charge in [0.25, 0.3) is 5.91 Å². The first kappa shape index (κ1) is 19.5. The molecule has 2 heterocycles. The van der Waals surface area contributed by atoms with E-state index in [9.17, 15) is 9.59 Å². The van der Waals surface area contributed by atoms with Crippen molar-refractivity contribution in [2.24, 2.45) is 0 Å². The monoisotopic (exact) mass is 391 g/mol. The van der Waals surface area contributed by atoms with Crippen molar-refractivity contribution < 1.29 is 9.59 Å². The number of hydrogen-bond acceptors (Lipinski definition) is 2. The third-order valence-corrected chi connectivity index (χ3v) is 5.95. The summed E-state index contributed by atoms with van der Waals surface area (Å²) >= 11 is 0. The molecule has 0 spiro atoms. The summed E-state index contributed by atoms with van der Waals surface area (Å²) in [5.41, 5.74) is 3.02. The summed E-state index contributed by atoms with van der Waals surface area (Å²) in [7, 11) is 0. The predicted octanol–water partition coefficient (Wildman–Crippen LogP) is 3.64. The van der Waals surface area contributed by atoms with Crippen LogP contribution in [0.4, 0.5) is 4.79 Å². The van der Waals surface area contributed by atoms with Crippen molar-refractivity contribution in [1.29, 1.82) is 0 Å². The molecule has 0 aliphatic carbocycles. The van der Waals surface area contributed by atoms with Crippen molar-refractivity contribution in [3.8, 4) is 0 Å². The van der Waals surface area contributed by atoms with Gasteiger partial charge in [0.05, 0.1) is 0 Å². The van der Waals surface area contributed by atoms with Gasteiger partial charge in [-0.05, 0) is 42.9 Å². The van der Waals surface area contributed by atoms with Gasteiger partial charge in [-0.3, -0.25) is 4.79 Å². The maximum atomic E-state index is 13.2. The van der Waals surface area contributed by atoms with Gasteiger partial charge in [0.2, 0.25) is 0 Å². The zero-order chi connectivity index (χ0) is 20.1. The van der Waals surface area contributed by atoms with Gasteiger partial charge in [-0.25, -0.2) is 4.79 Å². The SMILES string of the molecule is O=C(c1ccccc1Cc1ccccc1)N1CCN(C(=O)N2CCCCC2)CC1. The molecule has 4 rings (SSSR count). The molecule has 0 saturated carbocycles. The lowest BCUT2D eigenvalue weighted by molar-refractivity contribution is 0.0632. The highest BCUT2D eigenvalue weighted by molar-refractivity contribution is 5.96. The topological polar surface area (TPSA) is 43.9 Å². The molecular formula is C24H29N3O2. The van der Waals surface area contributed by atoms with Gasteiger partial charge in [-0.2, -0.15) is 0 Å². The number of carbonyl (C=O) groups excluding carboxylic acids is 2. The first-order valence-electron chi connectivity index (χ1n) is 10.7. The van der Waals surface area contributed by atoms with E-state index in [0.717, 1.165) is 43.5 Å². The number of carbonyl (C=O) groups is 2. The molecule has 29 heavy (non-hydrogen) atoms. The lowest BCUT2D eigenvalue weighted by atomic mass is 9.99. The van der Waals surface area contributed by atoms with E-state index in [1.165, 1.54) is 12.0 Å². The fourth-order valence-corrected chi connectivity index (χ4v) is 4.26. The molecule has 0 bridgehead atoms. The van der Waals surface area contributed by atoms with Gasteiger partial charge < -0.3 is 14.7 Å². The summed E-state index contributed by atoms with van der Waals surface area (Å²) in [5, 5.41) is 0. The van der Waals surface area contributed by atoms with Crippen molar-refractivity contribution in [2.45, 2.75) is 25.7 Å². The predicted molar refractivity (Wildman–Crippen MR) is 114 cm³/mol. The molecule has 0 atom stereocenters. The largest absolute Gasteiger partial charge is 0.335 e. The average molecular weight is 392 g/mol. The minimum atomic E-state index is 0.0709. The van der Waals surface area contributed by atoms with Gasteiger partial charge in [-0.1, -0.05) is 48.5 Å². The highest BCUT2D eigenvalue weighted by Crippen LogP contribution is 2.18. The second kappa shape index (κ2) is 9.12. The summed E-state index contributed by atoms with van der Waals surface area (Å²) in [5.74, 6) is 0.0709. The summed E-state index contributed by atoms with van der Waals surface area (Å²) in [6, 6.07) is 18.3. The lowest BCUT2D eigenvalue weighted by Crippen LogP contribution is -2.54. The first-order chi connectivity index (χ1) is 14.2. The summed E-state index contributed by atoms with van der Waals surface area (Å²) in [6.45, 7) is 4.15. The molecule has 2 saturated heterocycles. The summed E-state index contributed by atoms with van der Waals surface area (Å²) < 4.78 is 0. The molecule has 2 aliphatic heterocycles. The van der Waals surface area contributed by atoms with Crippen LogP contribution in [0.5, 0.6) is 0 Å². The van der Waals surface area contributed by atoms with Crippen LogP contribution >= 0.6 is 0 Å². The second-order valence-corrected chi connectivity index (χ2v) is 7.93. The highest BCUT2D eigenvalue weighted by Gasteiger charge is 2.28. The zero-order valence-electron chi connectivity index (χ0n) is 16.9. The fourth-order valence-electron chi connectivity index (χ4n) is 4.26. The van der Waals surface area contributed by atoms with Crippen molar-refractivity contribution in [1.82, 2.24) is 14.7 Å². The number of urea groups is 1. The number of piperazine rings is 1. The number of benzene rings is 2. The second-order valence-electron chi connectivity index (χ2n) is 7.93. The van der Waals surface area contributed by atoms with E-state index in [-0.39, 0.29) is 11.9 Å². The van der Waals surface area contributed by atoms with Crippen LogP contribution in [-0.2, 0) is 6.42 Å². The van der Waals surface area contributed by atoms with Crippen molar-refractivity contribution in [3.05, 3.63) is 71.3 Å². The fraction of sp³-hybridized carbons (Fsp3) is 0.417. The maximum absolute atomic E-state index is 13.2. The smallest absolute Gasteiger partial charge is 0.320 e. The molecule has 0 aromatic heterocycles. The number of likely N-dealkylation sites (tertiary alicyclic amines) is 1. The molecule has 5 nitrogen and oxygen atoms in total. The summed E-state index contributed by atoms with van der Waals surface area (Å²) in [4.78, 5) is 31.7. The minimum absolute atomic E-state index is 0.0709. The number of hydrogen-bond donors (Lipinski definition) is 0. The number of amides is 3. The number of piperidine rings is 1. The van der Waals surface area contributed by atoms with E-state index in [0.29, 0.717) is 26.2 Å². The third-order valence-electron chi connectivity index (χ3n) is 5.95. The Bertz CT molecular complexity index is 838. The molecule has 0 N–H and O–H groups in total. The Hall–Kier alpha value is -2.82. The Balaban J connectivity index is 1.39. The molecule has 0 unspecified atom stereocenters. The third kappa shape index (κ3) is 4.61. The minimum Gasteiger partial charge on any atom is -0.335 e. The lowest BCUT2D eigenvalue weighted by Gasteiger charge is -2.38. The number of nitrogens with zero attached hydrogens (tertiary/aromatic N) is 3. The Labute approximate surface area is 172 Å². The Morgan fingerprint density at radius 1 is 0.655 bits per heavy atom. The molecular weight excluding hydrogens is 362 g/mol. The summed E-state index contributed by atoms with van der Waals surface area (Å²) in [6.07, 6.45) is 4.16. The molecule has 5 heteroatoms. The van der Waals surface area contributed by atoms with Crippen LogP contribution in [0.1, 0.15) is 40.7 Å². The average Bonchev–Trinajstić information content (AvgIpc) is 2.80. The Kier molecular flexibility index (Phi) is 6.13. The molecule has 2 fully saturated rings. The highest BCUT2D eigenvalue weighted by atomic mass is 16.2. The van der Waals surface area contributed by atoms with Crippen molar-refractivity contribution >= 4 is 11.9 Å².